The molecule has 0 atom stereocenters. The summed E-state index contributed by atoms with van der Waals surface area (Å²) in [5, 5.41) is 0. The Morgan fingerprint density at radius 2 is 2.36 bits per heavy atom. The van der Waals surface area contributed by atoms with Gasteiger partial charge in [-0.05, 0) is 35.0 Å². The summed E-state index contributed by atoms with van der Waals surface area (Å²) in [6.07, 6.45) is 1.90. The Balaban J connectivity index is 2.90. The van der Waals surface area contributed by atoms with Crippen molar-refractivity contribution in [3.05, 3.63) is 34.2 Å². The molecule has 0 saturated heterocycles. The van der Waals surface area contributed by atoms with E-state index in [9.17, 15) is 0 Å². The van der Waals surface area contributed by atoms with Gasteiger partial charge in [-0.2, -0.15) is 0 Å². The van der Waals surface area contributed by atoms with Gasteiger partial charge in [0.1, 0.15) is 10.7 Å². The number of imidazole rings is 1. The molecular formula is C9H8BrN3S. The second-order valence-electron chi connectivity index (χ2n) is 2.96. The molecule has 0 bridgehead atoms. The molecule has 0 amide bonds. The molecule has 0 unspecified atom stereocenters. The SMILES string of the molecule is Cc1nc2c(Br)cccn2c1C(N)=S. The van der Waals surface area contributed by atoms with Crippen molar-refractivity contribution in [3.63, 3.8) is 0 Å². The molecule has 0 aromatic carbocycles. The van der Waals surface area contributed by atoms with E-state index < -0.39 is 0 Å². The van der Waals surface area contributed by atoms with E-state index in [4.69, 9.17) is 18.0 Å². The van der Waals surface area contributed by atoms with Crippen LogP contribution >= 0.6 is 28.1 Å². The summed E-state index contributed by atoms with van der Waals surface area (Å²) in [5.41, 5.74) is 8.12. The first-order chi connectivity index (χ1) is 6.61. The topological polar surface area (TPSA) is 43.3 Å². The molecule has 0 radical (unpaired) electrons. The van der Waals surface area contributed by atoms with Crippen LogP contribution in [0.15, 0.2) is 22.8 Å². The monoisotopic (exact) mass is 269 g/mol. The first-order valence-corrected chi connectivity index (χ1v) is 5.24. The highest BCUT2D eigenvalue weighted by atomic mass is 79.9. The highest BCUT2D eigenvalue weighted by Crippen LogP contribution is 2.19. The first-order valence-electron chi connectivity index (χ1n) is 4.04. The van der Waals surface area contributed by atoms with Gasteiger partial charge in [0, 0.05) is 6.20 Å². The minimum absolute atomic E-state index is 0.369. The van der Waals surface area contributed by atoms with Crippen molar-refractivity contribution in [1.82, 2.24) is 9.38 Å². The smallest absolute Gasteiger partial charge is 0.151 e. The van der Waals surface area contributed by atoms with Gasteiger partial charge in [0.15, 0.2) is 5.65 Å². The Bertz CT molecular complexity index is 518. The van der Waals surface area contributed by atoms with Crippen molar-refractivity contribution in [2.75, 3.05) is 0 Å². The van der Waals surface area contributed by atoms with Gasteiger partial charge in [-0.15, -0.1) is 0 Å². The zero-order valence-corrected chi connectivity index (χ0v) is 9.89. The van der Waals surface area contributed by atoms with Gasteiger partial charge >= 0.3 is 0 Å². The predicted molar refractivity (Wildman–Crippen MR) is 63.5 cm³/mol. The van der Waals surface area contributed by atoms with Crippen molar-refractivity contribution < 1.29 is 0 Å². The number of rotatable bonds is 1. The van der Waals surface area contributed by atoms with Crippen molar-refractivity contribution in [2.24, 2.45) is 5.73 Å². The van der Waals surface area contributed by atoms with Crippen LogP contribution in [0.5, 0.6) is 0 Å². The molecule has 2 rings (SSSR count). The number of fused-ring (bicyclic) bond motifs is 1. The third-order valence-electron chi connectivity index (χ3n) is 2.01. The Morgan fingerprint density at radius 3 is 3.00 bits per heavy atom. The van der Waals surface area contributed by atoms with E-state index in [1.54, 1.807) is 0 Å². The molecule has 0 saturated carbocycles. The summed E-state index contributed by atoms with van der Waals surface area (Å²) >= 11 is 8.40. The van der Waals surface area contributed by atoms with E-state index in [1.165, 1.54) is 0 Å². The molecule has 2 aromatic rings. The molecule has 5 heteroatoms. The molecule has 72 valence electrons. The zero-order chi connectivity index (χ0) is 10.3. The fourth-order valence-corrected chi connectivity index (χ4v) is 2.12. The largest absolute Gasteiger partial charge is 0.388 e. The maximum absolute atomic E-state index is 5.63. The molecule has 0 fully saturated rings. The average Bonchev–Trinajstić information content (AvgIpc) is 2.42. The van der Waals surface area contributed by atoms with Crippen LogP contribution in [0.2, 0.25) is 0 Å². The van der Waals surface area contributed by atoms with E-state index >= 15 is 0 Å². The van der Waals surface area contributed by atoms with Crippen LogP contribution in [-0.4, -0.2) is 14.4 Å². The molecule has 0 aliphatic rings. The number of nitrogens with zero attached hydrogens (tertiary/aromatic N) is 2. The van der Waals surface area contributed by atoms with Crippen molar-refractivity contribution in [3.8, 4) is 0 Å². The summed E-state index contributed by atoms with van der Waals surface area (Å²) in [6.45, 7) is 1.90. The van der Waals surface area contributed by atoms with Gasteiger partial charge in [-0.25, -0.2) is 4.98 Å². The van der Waals surface area contributed by atoms with Gasteiger partial charge in [-0.1, -0.05) is 12.2 Å². The van der Waals surface area contributed by atoms with Crippen LogP contribution in [0.4, 0.5) is 0 Å². The third kappa shape index (κ3) is 1.33. The number of halogens is 1. The summed E-state index contributed by atoms with van der Waals surface area (Å²) in [4.78, 5) is 4.75. The lowest BCUT2D eigenvalue weighted by Gasteiger charge is -2.00. The number of pyridine rings is 1. The molecule has 14 heavy (non-hydrogen) atoms. The second-order valence-corrected chi connectivity index (χ2v) is 4.25. The van der Waals surface area contributed by atoms with Crippen LogP contribution in [-0.2, 0) is 0 Å². The van der Waals surface area contributed by atoms with E-state index in [0.29, 0.717) is 4.99 Å². The van der Waals surface area contributed by atoms with Gasteiger partial charge < -0.3 is 5.73 Å². The average molecular weight is 270 g/mol. The number of nitrogens with two attached hydrogens (primary N) is 1. The Hall–Kier alpha value is -0.940. The van der Waals surface area contributed by atoms with Gasteiger partial charge in [-0.3, -0.25) is 4.40 Å². The molecule has 2 aromatic heterocycles. The maximum Gasteiger partial charge on any atom is 0.151 e. The van der Waals surface area contributed by atoms with Crippen molar-refractivity contribution in [1.29, 1.82) is 0 Å². The quantitative estimate of drug-likeness (QED) is 0.806. The minimum atomic E-state index is 0.369. The predicted octanol–water partition coefficient (Wildman–Crippen LogP) is 2.04. The van der Waals surface area contributed by atoms with Crippen molar-refractivity contribution >= 4 is 38.8 Å². The van der Waals surface area contributed by atoms with Crippen LogP contribution in [0.1, 0.15) is 11.4 Å². The van der Waals surface area contributed by atoms with Crippen molar-refractivity contribution in [2.45, 2.75) is 6.92 Å². The van der Waals surface area contributed by atoms with E-state index in [-0.39, 0.29) is 0 Å². The van der Waals surface area contributed by atoms with Crippen LogP contribution in [0.3, 0.4) is 0 Å². The lowest BCUT2D eigenvalue weighted by atomic mass is 10.3. The van der Waals surface area contributed by atoms with Crippen LogP contribution in [0, 0.1) is 6.92 Å². The number of hydrogen-bond donors (Lipinski definition) is 1. The summed E-state index contributed by atoms with van der Waals surface area (Å²) in [7, 11) is 0. The molecule has 0 aliphatic carbocycles. The van der Waals surface area contributed by atoms with E-state index in [2.05, 4.69) is 20.9 Å². The maximum atomic E-state index is 5.63. The Labute approximate surface area is 95.1 Å². The number of thiocarbonyl (C=S) groups is 1. The standard InChI is InChI=1S/C9H8BrN3S/c1-5-7(8(11)14)13-4-2-3-6(10)9(13)12-5/h2-4H,1H3,(H2,11,14). The summed E-state index contributed by atoms with van der Waals surface area (Å²) in [6, 6.07) is 3.85. The molecule has 3 nitrogen and oxygen atoms in total. The fourth-order valence-electron chi connectivity index (χ4n) is 1.44. The number of aryl methyl sites for hydroxylation is 1. The number of hydrogen-bond acceptors (Lipinski definition) is 2. The van der Waals surface area contributed by atoms with Gasteiger partial charge in [0.2, 0.25) is 0 Å². The lowest BCUT2D eigenvalue weighted by molar-refractivity contribution is 1.15. The molecule has 2 heterocycles. The zero-order valence-electron chi connectivity index (χ0n) is 7.49. The van der Waals surface area contributed by atoms with Crippen LogP contribution < -0.4 is 5.73 Å². The Morgan fingerprint density at radius 1 is 1.64 bits per heavy atom. The normalized spacial score (nSPS) is 10.7. The third-order valence-corrected chi connectivity index (χ3v) is 2.82. The highest BCUT2D eigenvalue weighted by molar-refractivity contribution is 9.10. The first kappa shape index (κ1) is 9.61. The molecule has 0 aliphatic heterocycles. The Kier molecular flexibility index (Phi) is 2.28. The van der Waals surface area contributed by atoms with Gasteiger partial charge in [0.25, 0.3) is 0 Å². The summed E-state index contributed by atoms with van der Waals surface area (Å²) < 4.78 is 2.83. The van der Waals surface area contributed by atoms with Gasteiger partial charge in [0.05, 0.1) is 10.2 Å². The minimum Gasteiger partial charge on any atom is -0.388 e. The van der Waals surface area contributed by atoms with Crippen LogP contribution in [0.25, 0.3) is 5.65 Å². The summed E-state index contributed by atoms with van der Waals surface area (Å²) in [5.74, 6) is 0. The number of aromatic nitrogens is 2. The highest BCUT2D eigenvalue weighted by Gasteiger charge is 2.11. The van der Waals surface area contributed by atoms with E-state index in [1.807, 2.05) is 29.7 Å². The fraction of sp³-hybridized carbons (Fsp3) is 0.111. The molecular weight excluding hydrogens is 262 g/mol. The molecule has 0 spiro atoms. The molecule has 2 N–H and O–H groups in total. The second kappa shape index (κ2) is 3.33. The van der Waals surface area contributed by atoms with E-state index in [0.717, 1.165) is 21.5 Å². The lowest BCUT2D eigenvalue weighted by Crippen LogP contribution is -2.13.